The maximum absolute atomic E-state index is 9.30. The molecular formula is C17H27N3O. The zero-order valence-electron chi connectivity index (χ0n) is 13.4. The van der Waals surface area contributed by atoms with Crippen LogP contribution in [0.5, 0.6) is 0 Å². The van der Waals surface area contributed by atoms with E-state index in [-0.39, 0.29) is 6.61 Å². The van der Waals surface area contributed by atoms with Gasteiger partial charge in [0.05, 0.1) is 17.6 Å². The molecule has 0 saturated heterocycles. The Kier molecular flexibility index (Phi) is 5.76. The molecule has 0 amide bonds. The second kappa shape index (κ2) is 7.57. The number of rotatable bonds is 8. The van der Waals surface area contributed by atoms with E-state index >= 15 is 0 Å². The molecule has 0 unspecified atom stereocenters. The van der Waals surface area contributed by atoms with Gasteiger partial charge in [0, 0.05) is 19.5 Å². The third-order valence-electron chi connectivity index (χ3n) is 3.70. The van der Waals surface area contributed by atoms with Crippen molar-refractivity contribution >= 4 is 11.0 Å². The van der Waals surface area contributed by atoms with Crippen molar-refractivity contribution < 1.29 is 5.11 Å². The van der Waals surface area contributed by atoms with E-state index in [0.717, 1.165) is 42.8 Å². The van der Waals surface area contributed by atoms with Crippen LogP contribution in [0.1, 0.15) is 32.2 Å². The van der Waals surface area contributed by atoms with Crippen molar-refractivity contribution in [3.8, 4) is 0 Å². The molecule has 1 aromatic carbocycles. The molecule has 0 atom stereocenters. The van der Waals surface area contributed by atoms with Crippen LogP contribution in [-0.2, 0) is 19.4 Å². The van der Waals surface area contributed by atoms with Crippen molar-refractivity contribution in [2.75, 3.05) is 19.7 Å². The lowest BCUT2D eigenvalue weighted by Gasteiger charge is -2.09. The fourth-order valence-electron chi connectivity index (χ4n) is 2.58. The molecule has 0 aliphatic rings. The van der Waals surface area contributed by atoms with Gasteiger partial charge in [0.25, 0.3) is 0 Å². The quantitative estimate of drug-likeness (QED) is 0.734. The van der Waals surface area contributed by atoms with E-state index in [4.69, 9.17) is 4.98 Å². The molecule has 2 rings (SSSR count). The van der Waals surface area contributed by atoms with E-state index < -0.39 is 0 Å². The maximum atomic E-state index is 9.30. The van der Waals surface area contributed by atoms with Gasteiger partial charge in [0.1, 0.15) is 5.82 Å². The minimum absolute atomic E-state index is 0.146. The monoisotopic (exact) mass is 289 g/mol. The number of imidazole rings is 1. The zero-order valence-corrected chi connectivity index (χ0v) is 13.4. The first-order chi connectivity index (χ1) is 10.2. The number of fused-ring (bicyclic) bond motifs is 1. The highest BCUT2D eigenvalue weighted by molar-refractivity contribution is 5.77. The van der Waals surface area contributed by atoms with Crippen LogP contribution in [0.25, 0.3) is 11.0 Å². The molecule has 4 heteroatoms. The number of hydrogen-bond donors (Lipinski definition) is 2. The molecule has 0 spiro atoms. The van der Waals surface area contributed by atoms with Crippen molar-refractivity contribution in [3.63, 3.8) is 0 Å². The van der Waals surface area contributed by atoms with Crippen molar-refractivity contribution in [3.05, 3.63) is 29.6 Å². The highest BCUT2D eigenvalue weighted by atomic mass is 16.3. The summed E-state index contributed by atoms with van der Waals surface area (Å²) in [4.78, 5) is 4.77. The number of aliphatic hydroxyl groups is 1. The molecule has 1 heterocycles. The normalized spacial score (nSPS) is 11.7. The van der Waals surface area contributed by atoms with Crippen LogP contribution in [-0.4, -0.2) is 34.4 Å². The second-order valence-corrected chi connectivity index (χ2v) is 5.93. The number of aromatic nitrogens is 2. The van der Waals surface area contributed by atoms with Gasteiger partial charge in [-0.25, -0.2) is 4.98 Å². The third kappa shape index (κ3) is 4.05. The summed E-state index contributed by atoms with van der Waals surface area (Å²) in [5.41, 5.74) is 3.47. The van der Waals surface area contributed by atoms with Crippen LogP contribution in [0.4, 0.5) is 0 Å². The van der Waals surface area contributed by atoms with Crippen molar-refractivity contribution in [2.45, 2.75) is 40.2 Å². The topological polar surface area (TPSA) is 50.1 Å². The molecular weight excluding hydrogens is 262 g/mol. The zero-order chi connectivity index (χ0) is 15.2. The molecule has 116 valence electrons. The van der Waals surface area contributed by atoms with E-state index in [9.17, 15) is 5.11 Å². The van der Waals surface area contributed by atoms with Gasteiger partial charge in [-0.2, -0.15) is 0 Å². The Balaban J connectivity index is 2.18. The molecule has 2 aromatic rings. The molecule has 2 N–H and O–H groups in total. The van der Waals surface area contributed by atoms with Crippen LogP contribution in [0.2, 0.25) is 0 Å². The smallest absolute Gasteiger partial charge is 0.111 e. The summed E-state index contributed by atoms with van der Waals surface area (Å²) in [7, 11) is 0. The van der Waals surface area contributed by atoms with Crippen LogP contribution < -0.4 is 5.32 Å². The van der Waals surface area contributed by atoms with E-state index in [1.54, 1.807) is 0 Å². The van der Waals surface area contributed by atoms with Gasteiger partial charge in [-0.15, -0.1) is 0 Å². The first-order valence-electron chi connectivity index (χ1n) is 7.95. The van der Waals surface area contributed by atoms with Crippen molar-refractivity contribution in [1.82, 2.24) is 14.9 Å². The van der Waals surface area contributed by atoms with Crippen LogP contribution in [0.15, 0.2) is 18.2 Å². The molecule has 0 saturated carbocycles. The number of nitrogens with one attached hydrogen (secondary N) is 1. The lowest BCUT2D eigenvalue weighted by atomic mass is 10.1. The molecule has 1 aromatic heterocycles. The van der Waals surface area contributed by atoms with Gasteiger partial charge in [-0.1, -0.05) is 26.8 Å². The Bertz CT molecular complexity index is 575. The summed E-state index contributed by atoms with van der Waals surface area (Å²) in [6.07, 6.45) is 1.91. The number of aliphatic hydroxyl groups excluding tert-OH is 1. The standard InChI is InChI=1S/C17H27N3O/c1-4-14-5-6-16-15(11-14)19-17(20(16)9-10-21)7-8-18-12-13(2)3/h5-6,11,13,18,21H,4,7-10,12H2,1-3H3. The van der Waals surface area contributed by atoms with Gasteiger partial charge in [-0.3, -0.25) is 0 Å². The summed E-state index contributed by atoms with van der Waals surface area (Å²) in [5.74, 6) is 1.72. The SMILES string of the molecule is CCc1ccc2c(c1)nc(CCNCC(C)C)n2CCO. The highest BCUT2D eigenvalue weighted by Crippen LogP contribution is 2.18. The van der Waals surface area contributed by atoms with Gasteiger partial charge >= 0.3 is 0 Å². The third-order valence-corrected chi connectivity index (χ3v) is 3.70. The Morgan fingerprint density at radius 1 is 1.33 bits per heavy atom. The Morgan fingerprint density at radius 3 is 2.81 bits per heavy atom. The molecule has 21 heavy (non-hydrogen) atoms. The lowest BCUT2D eigenvalue weighted by Crippen LogP contribution is -2.23. The van der Waals surface area contributed by atoms with Crippen molar-refractivity contribution in [2.24, 2.45) is 5.92 Å². The van der Waals surface area contributed by atoms with Crippen molar-refractivity contribution in [1.29, 1.82) is 0 Å². The average molecular weight is 289 g/mol. The molecule has 0 bridgehead atoms. The Labute approximate surface area is 127 Å². The number of benzene rings is 1. The Morgan fingerprint density at radius 2 is 2.14 bits per heavy atom. The summed E-state index contributed by atoms with van der Waals surface area (Å²) in [6.45, 7) is 9.28. The fraction of sp³-hybridized carbons (Fsp3) is 0.588. The predicted octanol–water partition coefficient (Wildman–Crippen LogP) is 2.38. The van der Waals surface area contributed by atoms with E-state index in [1.807, 2.05) is 0 Å². The van der Waals surface area contributed by atoms with Gasteiger partial charge in [0.15, 0.2) is 0 Å². The van der Waals surface area contributed by atoms with Gasteiger partial charge < -0.3 is 15.0 Å². The van der Waals surface area contributed by atoms with Crippen LogP contribution >= 0.6 is 0 Å². The first kappa shape index (κ1) is 16.0. The molecule has 0 aliphatic carbocycles. The highest BCUT2D eigenvalue weighted by Gasteiger charge is 2.10. The first-order valence-corrected chi connectivity index (χ1v) is 7.95. The minimum Gasteiger partial charge on any atom is -0.395 e. The average Bonchev–Trinajstić information content (AvgIpc) is 2.81. The number of nitrogens with zero attached hydrogens (tertiary/aromatic N) is 2. The second-order valence-electron chi connectivity index (χ2n) is 5.93. The maximum Gasteiger partial charge on any atom is 0.111 e. The lowest BCUT2D eigenvalue weighted by molar-refractivity contribution is 0.276. The molecule has 0 radical (unpaired) electrons. The van der Waals surface area contributed by atoms with E-state index in [1.165, 1.54) is 5.56 Å². The van der Waals surface area contributed by atoms with Crippen LogP contribution in [0, 0.1) is 5.92 Å². The van der Waals surface area contributed by atoms with E-state index in [0.29, 0.717) is 12.5 Å². The predicted molar refractivity (Wildman–Crippen MR) is 87.6 cm³/mol. The molecule has 4 nitrogen and oxygen atoms in total. The summed E-state index contributed by atoms with van der Waals surface area (Å²) in [6, 6.07) is 6.44. The summed E-state index contributed by atoms with van der Waals surface area (Å²) in [5, 5.41) is 12.8. The Hall–Kier alpha value is -1.39. The minimum atomic E-state index is 0.146. The van der Waals surface area contributed by atoms with Gasteiger partial charge in [0.2, 0.25) is 0 Å². The molecule has 0 aliphatic heterocycles. The molecule has 0 fully saturated rings. The van der Waals surface area contributed by atoms with Gasteiger partial charge in [-0.05, 0) is 36.6 Å². The van der Waals surface area contributed by atoms with Crippen LogP contribution in [0.3, 0.4) is 0 Å². The summed E-state index contributed by atoms with van der Waals surface area (Å²) < 4.78 is 2.14. The summed E-state index contributed by atoms with van der Waals surface area (Å²) >= 11 is 0. The van der Waals surface area contributed by atoms with E-state index in [2.05, 4.69) is 48.9 Å². The number of aryl methyl sites for hydroxylation is 1. The fourth-order valence-corrected chi connectivity index (χ4v) is 2.58. The largest absolute Gasteiger partial charge is 0.395 e. The number of hydrogen-bond acceptors (Lipinski definition) is 3.